The van der Waals surface area contributed by atoms with Crippen molar-refractivity contribution in [2.75, 3.05) is 27.2 Å². The molecule has 3 rings (SSSR count). The number of sulfonamides is 1. The highest BCUT2D eigenvalue weighted by molar-refractivity contribution is 7.89. The van der Waals surface area contributed by atoms with E-state index in [4.69, 9.17) is 4.74 Å². The molecule has 0 aliphatic carbocycles. The molecule has 158 valence electrons. The fraction of sp³-hybridized carbons (Fsp3) is 0.261. The van der Waals surface area contributed by atoms with Crippen molar-refractivity contribution in [3.8, 4) is 5.75 Å². The Balaban J connectivity index is 1.53. The average molecular weight is 427 g/mol. The summed E-state index contributed by atoms with van der Waals surface area (Å²) >= 11 is 0. The van der Waals surface area contributed by atoms with Gasteiger partial charge in [-0.15, -0.1) is 0 Å². The van der Waals surface area contributed by atoms with Crippen LogP contribution >= 0.6 is 0 Å². The van der Waals surface area contributed by atoms with Gasteiger partial charge in [0.2, 0.25) is 15.9 Å². The Labute approximate surface area is 177 Å². The molecule has 0 aliphatic rings. The van der Waals surface area contributed by atoms with Crippen molar-refractivity contribution in [3.05, 3.63) is 72.3 Å². The third-order valence-corrected chi connectivity index (χ3v) is 6.73. The third-order valence-electron chi connectivity index (χ3n) is 4.93. The number of amides is 1. The van der Waals surface area contributed by atoms with Crippen molar-refractivity contribution < 1.29 is 17.9 Å². The van der Waals surface area contributed by atoms with E-state index < -0.39 is 10.0 Å². The number of carbonyl (C=O) groups excluding carboxylic acids is 1. The molecule has 0 atom stereocenters. The standard InChI is InChI=1S/C23H26N2O4S/c1-25(30(27,28)21-14-13-18-8-3-4-10-20(18)16-21)17-23(26)24-15-7-11-19-9-5-6-12-22(19)29-2/h3-6,8-10,12-14,16H,7,11,15,17H2,1-2H3,(H,24,26). The molecule has 6 nitrogen and oxygen atoms in total. The summed E-state index contributed by atoms with van der Waals surface area (Å²) in [5.41, 5.74) is 1.07. The van der Waals surface area contributed by atoms with Gasteiger partial charge in [0.05, 0.1) is 18.6 Å². The monoisotopic (exact) mass is 426 g/mol. The minimum atomic E-state index is -3.75. The Morgan fingerprint density at radius 2 is 1.70 bits per heavy atom. The Morgan fingerprint density at radius 1 is 1.00 bits per heavy atom. The lowest BCUT2D eigenvalue weighted by Gasteiger charge is -2.17. The van der Waals surface area contributed by atoms with E-state index in [1.807, 2.05) is 48.5 Å². The normalized spacial score (nSPS) is 11.6. The van der Waals surface area contributed by atoms with Gasteiger partial charge in [0.25, 0.3) is 0 Å². The number of hydrogen-bond donors (Lipinski definition) is 1. The predicted octanol–water partition coefficient (Wildman–Crippen LogP) is 3.22. The Morgan fingerprint density at radius 3 is 2.47 bits per heavy atom. The second-order valence-corrected chi connectivity index (χ2v) is 9.08. The number of hydrogen-bond acceptors (Lipinski definition) is 4. The van der Waals surface area contributed by atoms with E-state index in [9.17, 15) is 13.2 Å². The Bertz CT molecular complexity index is 1130. The highest BCUT2D eigenvalue weighted by Crippen LogP contribution is 2.21. The van der Waals surface area contributed by atoms with E-state index in [1.165, 1.54) is 7.05 Å². The van der Waals surface area contributed by atoms with Gasteiger partial charge in [0, 0.05) is 13.6 Å². The number of carbonyl (C=O) groups is 1. The molecule has 0 saturated carbocycles. The molecule has 1 N–H and O–H groups in total. The maximum atomic E-state index is 12.8. The second-order valence-electron chi connectivity index (χ2n) is 7.04. The summed E-state index contributed by atoms with van der Waals surface area (Å²) in [6, 6.07) is 20.3. The smallest absolute Gasteiger partial charge is 0.243 e. The molecular formula is C23H26N2O4S. The Hall–Kier alpha value is -2.90. The van der Waals surface area contributed by atoms with E-state index >= 15 is 0 Å². The molecule has 0 aliphatic heterocycles. The number of para-hydroxylation sites is 1. The summed E-state index contributed by atoms with van der Waals surface area (Å²) in [5.74, 6) is 0.493. The van der Waals surface area contributed by atoms with Gasteiger partial charge >= 0.3 is 0 Å². The van der Waals surface area contributed by atoms with Crippen LogP contribution in [-0.4, -0.2) is 45.9 Å². The summed E-state index contributed by atoms with van der Waals surface area (Å²) in [6.07, 6.45) is 1.49. The van der Waals surface area contributed by atoms with Gasteiger partial charge < -0.3 is 10.1 Å². The molecule has 0 aromatic heterocycles. The molecule has 7 heteroatoms. The maximum absolute atomic E-state index is 12.8. The van der Waals surface area contributed by atoms with Gasteiger partial charge in [0.1, 0.15) is 5.75 Å². The summed E-state index contributed by atoms with van der Waals surface area (Å²) in [4.78, 5) is 12.4. The molecule has 0 fully saturated rings. The molecule has 0 radical (unpaired) electrons. The number of rotatable bonds is 9. The zero-order chi connectivity index (χ0) is 21.6. The van der Waals surface area contributed by atoms with Gasteiger partial charge in [-0.05, 0) is 47.4 Å². The zero-order valence-electron chi connectivity index (χ0n) is 17.2. The Kier molecular flexibility index (Phi) is 7.07. The fourth-order valence-electron chi connectivity index (χ4n) is 3.27. The van der Waals surface area contributed by atoms with Gasteiger partial charge in [-0.25, -0.2) is 8.42 Å². The van der Waals surface area contributed by atoms with E-state index in [2.05, 4.69) is 5.32 Å². The highest BCUT2D eigenvalue weighted by atomic mass is 32.2. The minimum absolute atomic E-state index is 0.174. The molecule has 0 unspecified atom stereocenters. The topological polar surface area (TPSA) is 75.7 Å². The molecule has 3 aromatic rings. The third kappa shape index (κ3) is 5.17. The van der Waals surface area contributed by atoms with Gasteiger partial charge in [0.15, 0.2) is 0 Å². The average Bonchev–Trinajstić information content (AvgIpc) is 2.76. The van der Waals surface area contributed by atoms with E-state index in [-0.39, 0.29) is 17.3 Å². The number of nitrogens with one attached hydrogen (secondary N) is 1. The van der Waals surface area contributed by atoms with Gasteiger partial charge in [-0.1, -0.05) is 48.5 Å². The van der Waals surface area contributed by atoms with E-state index in [0.29, 0.717) is 6.54 Å². The van der Waals surface area contributed by atoms with Gasteiger partial charge in [-0.2, -0.15) is 4.31 Å². The summed E-state index contributed by atoms with van der Waals surface area (Å²) < 4.78 is 32.1. The highest BCUT2D eigenvalue weighted by Gasteiger charge is 2.23. The summed E-state index contributed by atoms with van der Waals surface area (Å²) in [6.45, 7) is 0.227. The molecule has 0 bridgehead atoms. The molecule has 0 heterocycles. The van der Waals surface area contributed by atoms with Crippen LogP contribution < -0.4 is 10.1 Å². The van der Waals surface area contributed by atoms with E-state index in [0.717, 1.165) is 39.2 Å². The number of nitrogens with zero attached hydrogens (tertiary/aromatic N) is 1. The van der Waals surface area contributed by atoms with Crippen LogP contribution in [-0.2, 0) is 21.2 Å². The minimum Gasteiger partial charge on any atom is -0.496 e. The van der Waals surface area contributed by atoms with Crippen LogP contribution in [0.2, 0.25) is 0 Å². The number of ether oxygens (including phenoxy) is 1. The SMILES string of the molecule is COc1ccccc1CCCNC(=O)CN(C)S(=O)(=O)c1ccc2ccccc2c1. The van der Waals surface area contributed by atoms with Crippen LogP contribution in [0.1, 0.15) is 12.0 Å². The lowest BCUT2D eigenvalue weighted by Crippen LogP contribution is -2.38. The van der Waals surface area contributed by atoms with Crippen molar-refractivity contribution in [3.63, 3.8) is 0 Å². The first-order valence-corrected chi connectivity index (χ1v) is 11.2. The molecule has 30 heavy (non-hydrogen) atoms. The number of aryl methyl sites for hydroxylation is 1. The molecule has 1 amide bonds. The lowest BCUT2D eigenvalue weighted by molar-refractivity contribution is -0.121. The molecule has 0 saturated heterocycles. The quantitative estimate of drug-likeness (QED) is 0.533. The number of likely N-dealkylation sites (N-methyl/N-ethyl adjacent to an activating group) is 1. The van der Waals surface area contributed by atoms with Gasteiger partial charge in [-0.3, -0.25) is 4.79 Å². The first-order valence-electron chi connectivity index (χ1n) is 9.75. The summed E-state index contributed by atoms with van der Waals surface area (Å²) in [7, 11) is -0.705. The fourth-order valence-corrected chi connectivity index (χ4v) is 4.43. The number of benzene rings is 3. The summed E-state index contributed by atoms with van der Waals surface area (Å²) in [5, 5.41) is 4.59. The van der Waals surface area contributed by atoms with Crippen LogP contribution in [0.3, 0.4) is 0 Å². The van der Waals surface area contributed by atoms with Crippen LogP contribution in [0.5, 0.6) is 5.75 Å². The second kappa shape index (κ2) is 9.73. The van der Waals surface area contributed by atoms with Crippen molar-refractivity contribution in [1.29, 1.82) is 0 Å². The molecular weight excluding hydrogens is 400 g/mol. The lowest BCUT2D eigenvalue weighted by atomic mass is 10.1. The predicted molar refractivity (Wildman–Crippen MR) is 118 cm³/mol. The van der Waals surface area contributed by atoms with Crippen molar-refractivity contribution >= 4 is 26.7 Å². The van der Waals surface area contributed by atoms with Crippen LogP contribution in [0.25, 0.3) is 10.8 Å². The first-order chi connectivity index (χ1) is 14.4. The van der Waals surface area contributed by atoms with E-state index in [1.54, 1.807) is 25.3 Å². The number of methoxy groups -OCH3 is 1. The number of fused-ring (bicyclic) bond motifs is 1. The molecule has 0 spiro atoms. The van der Waals surface area contributed by atoms with Crippen molar-refractivity contribution in [1.82, 2.24) is 9.62 Å². The van der Waals surface area contributed by atoms with Crippen molar-refractivity contribution in [2.24, 2.45) is 0 Å². The van der Waals surface area contributed by atoms with Crippen LogP contribution in [0, 0.1) is 0 Å². The maximum Gasteiger partial charge on any atom is 0.243 e. The van der Waals surface area contributed by atoms with Crippen molar-refractivity contribution in [2.45, 2.75) is 17.7 Å². The van der Waals surface area contributed by atoms with Crippen LogP contribution in [0.15, 0.2) is 71.6 Å². The molecule has 3 aromatic carbocycles. The first kappa shape index (κ1) is 21.8. The largest absolute Gasteiger partial charge is 0.496 e. The zero-order valence-corrected chi connectivity index (χ0v) is 18.0. The van der Waals surface area contributed by atoms with Crippen LogP contribution in [0.4, 0.5) is 0 Å².